The minimum absolute atomic E-state index is 0.637. The molecule has 0 saturated carbocycles. The van der Waals surface area contributed by atoms with Gasteiger partial charge in [0, 0.05) is 23.9 Å². The van der Waals surface area contributed by atoms with Crippen LogP contribution in [0.25, 0.3) is 11.3 Å². The van der Waals surface area contributed by atoms with Crippen molar-refractivity contribution in [3.63, 3.8) is 0 Å². The van der Waals surface area contributed by atoms with Crippen LogP contribution in [0.15, 0.2) is 23.6 Å². The monoisotopic (exact) mass is 306 g/mol. The van der Waals surface area contributed by atoms with E-state index in [0.29, 0.717) is 13.2 Å². The van der Waals surface area contributed by atoms with Crippen molar-refractivity contribution < 1.29 is 9.47 Å². The standard InChI is InChI=1S/C16H22N2O2S/c1-4-19-12-6-7-15(20-5-2)13(10-12)14-11-21-16(18-14)8-9-17-3/h6-7,10-11,17H,4-5,8-9H2,1-3H3. The lowest BCUT2D eigenvalue weighted by Gasteiger charge is -2.11. The topological polar surface area (TPSA) is 43.4 Å². The van der Waals surface area contributed by atoms with Gasteiger partial charge in [-0.15, -0.1) is 11.3 Å². The van der Waals surface area contributed by atoms with Gasteiger partial charge in [-0.1, -0.05) is 0 Å². The molecule has 21 heavy (non-hydrogen) atoms. The SMILES string of the molecule is CCOc1ccc(OCC)c(-c2csc(CCNC)n2)c1. The summed E-state index contributed by atoms with van der Waals surface area (Å²) in [5.41, 5.74) is 1.95. The Hall–Kier alpha value is -1.59. The van der Waals surface area contributed by atoms with Gasteiger partial charge in [-0.25, -0.2) is 4.98 Å². The van der Waals surface area contributed by atoms with Gasteiger partial charge in [-0.05, 0) is 39.1 Å². The number of likely N-dealkylation sites (N-methyl/N-ethyl adjacent to an activating group) is 1. The Bertz CT molecular complexity index is 569. The second-order valence-electron chi connectivity index (χ2n) is 4.50. The van der Waals surface area contributed by atoms with E-state index < -0.39 is 0 Å². The number of nitrogens with zero attached hydrogens (tertiary/aromatic N) is 1. The fraction of sp³-hybridized carbons (Fsp3) is 0.438. The maximum atomic E-state index is 5.71. The minimum Gasteiger partial charge on any atom is -0.494 e. The molecule has 1 aromatic carbocycles. The van der Waals surface area contributed by atoms with Crippen molar-refractivity contribution in [3.8, 4) is 22.8 Å². The molecule has 0 radical (unpaired) electrons. The number of rotatable bonds is 8. The lowest BCUT2D eigenvalue weighted by Crippen LogP contribution is -2.09. The minimum atomic E-state index is 0.637. The molecular weight excluding hydrogens is 284 g/mol. The first-order valence-electron chi connectivity index (χ1n) is 7.27. The second-order valence-corrected chi connectivity index (χ2v) is 5.45. The fourth-order valence-electron chi connectivity index (χ4n) is 2.03. The molecule has 5 heteroatoms. The first kappa shape index (κ1) is 15.8. The maximum Gasteiger partial charge on any atom is 0.128 e. The van der Waals surface area contributed by atoms with Crippen LogP contribution in [-0.2, 0) is 6.42 Å². The molecule has 1 heterocycles. The number of hydrogen-bond donors (Lipinski definition) is 1. The maximum absolute atomic E-state index is 5.71. The first-order chi connectivity index (χ1) is 10.3. The zero-order chi connectivity index (χ0) is 15.1. The van der Waals surface area contributed by atoms with Gasteiger partial charge >= 0.3 is 0 Å². The van der Waals surface area contributed by atoms with Gasteiger partial charge in [0.2, 0.25) is 0 Å². The average molecular weight is 306 g/mol. The van der Waals surface area contributed by atoms with Gasteiger partial charge in [0.25, 0.3) is 0 Å². The van der Waals surface area contributed by atoms with E-state index in [-0.39, 0.29) is 0 Å². The highest BCUT2D eigenvalue weighted by Crippen LogP contribution is 2.34. The molecule has 0 fully saturated rings. The first-order valence-corrected chi connectivity index (χ1v) is 8.15. The smallest absolute Gasteiger partial charge is 0.128 e. The predicted octanol–water partition coefficient (Wildman–Crippen LogP) is 3.37. The van der Waals surface area contributed by atoms with Crippen molar-refractivity contribution in [3.05, 3.63) is 28.6 Å². The third kappa shape index (κ3) is 4.19. The van der Waals surface area contributed by atoms with E-state index in [4.69, 9.17) is 14.5 Å². The molecule has 0 aliphatic heterocycles. The summed E-state index contributed by atoms with van der Waals surface area (Å²) < 4.78 is 11.3. The molecule has 114 valence electrons. The summed E-state index contributed by atoms with van der Waals surface area (Å²) in [7, 11) is 1.95. The van der Waals surface area contributed by atoms with Gasteiger partial charge in [0.05, 0.1) is 23.9 Å². The third-order valence-corrected chi connectivity index (χ3v) is 3.89. The Morgan fingerprint density at radius 1 is 1.19 bits per heavy atom. The van der Waals surface area contributed by atoms with Crippen LogP contribution in [0.3, 0.4) is 0 Å². The summed E-state index contributed by atoms with van der Waals surface area (Å²) in [6, 6.07) is 5.90. The fourth-order valence-corrected chi connectivity index (χ4v) is 2.83. The van der Waals surface area contributed by atoms with Crippen LogP contribution in [0.5, 0.6) is 11.5 Å². The highest BCUT2D eigenvalue weighted by atomic mass is 32.1. The Morgan fingerprint density at radius 3 is 2.71 bits per heavy atom. The Kier molecular flexibility index (Phi) is 6.02. The molecule has 1 aromatic heterocycles. The summed E-state index contributed by atoms with van der Waals surface area (Å²) >= 11 is 1.68. The molecule has 0 atom stereocenters. The lowest BCUT2D eigenvalue weighted by atomic mass is 10.1. The Labute approximate surface area is 130 Å². The third-order valence-electron chi connectivity index (χ3n) is 2.98. The molecule has 0 amide bonds. The van der Waals surface area contributed by atoms with E-state index in [1.165, 1.54) is 0 Å². The van der Waals surface area contributed by atoms with E-state index in [0.717, 1.165) is 40.7 Å². The van der Waals surface area contributed by atoms with Gasteiger partial charge in [-0.2, -0.15) is 0 Å². The van der Waals surface area contributed by atoms with Crippen LogP contribution in [-0.4, -0.2) is 31.8 Å². The molecule has 1 N–H and O–H groups in total. The van der Waals surface area contributed by atoms with E-state index in [9.17, 15) is 0 Å². The Balaban J connectivity index is 2.30. The normalized spacial score (nSPS) is 10.6. The van der Waals surface area contributed by atoms with Crippen molar-refractivity contribution in [2.75, 3.05) is 26.8 Å². The zero-order valence-electron chi connectivity index (χ0n) is 12.8. The molecule has 0 bridgehead atoms. The number of aromatic nitrogens is 1. The molecule has 0 aliphatic carbocycles. The van der Waals surface area contributed by atoms with E-state index >= 15 is 0 Å². The molecule has 0 unspecified atom stereocenters. The van der Waals surface area contributed by atoms with Crippen LogP contribution < -0.4 is 14.8 Å². The zero-order valence-corrected chi connectivity index (χ0v) is 13.6. The van der Waals surface area contributed by atoms with Crippen molar-refractivity contribution >= 4 is 11.3 Å². The van der Waals surface area contributed by atoms with Crippen molar-refractivity contribution in [1.29, 1.82) is 0 Å². The summed E-state index contributed by atoms with van der Waals surface area (Å²) in [6.07, 6.45) is 0.941. The largest absolute Gasteiger partial charge is 0.494 e. The van der Waals surface area contributed by atoms with Crippen molar-refractivity contribution in [2.45, 2.75) is 20.3 Å². The number of benzene rings is 1. The van der Waals surface area contributed by atoms with Crippen LogP contribution >= 0.6 is 11.3 Å². The van der Waals surface area contributed by atoms with Crippen LogP contribution in [0, 0.1) is 0 Å². The van der Waals surface area contributed by atoms with Gasteiger partial charge in [-0.3, -0.25) is 0 Å². The molecule has 0 aliphatic rings. The van der Waals surface area contributed by atoms with Gasteiger partial charge in [0.15, 0.2) is 0 Å². The number of nitrogens with one attached hydrogen (secondary N) is 1. The number of ether oxygens (including phenoxy) is 2. The lowest BCUT2D eigenvalue weighted by molar-refractivity contribution is 0.331. The second kappa shape index (κ2) is 8.00. The predicted molar refractivity (Wildman–Crippen MR) is 87.5 cm³/mol. The molecule has 2 rings (SSSR count). The Morgan fingerprint density at radius 2 is 2.00 bits per heavy atom. The van der Waals surface area contributed by atoms with Gasteiger partial charge < -0.3 is 14.8 Å². The van der Waals surface area contributed by atoms with Crippen molar-refractivity contribution in [2.24, 2.45) is 0 Å². The summed E-state index contributed by atoms with van der Waals surface area (Å²) in [5.74, 6) is 1.70. The highest BCUT2D eigenvalue weighted by molar-refractivity contribution is 7.09. The summed E-state index contributed by atoms with van der Waals surface area (Å²) in [5, 5.41) is 6.35. The highest BCUT2D eigenvalue weighted by Gasteiger charge is 2.12. The van der Waals surface area contributed by atoms with Crippen LogP contribution in [0.1, 0.15) is 18.9 Å². The average Bonchev–Trinajstić information content (AvgIpc) is 2.96. The molecule has 0 saturated heterocycles. The van der Waals surface area contributed by atoms with E-state index in [1.807, 2.05) is 39.1 Å². The summed E-state index contributed by atoms with van der Waals surface area (Å²) in [4.78, 5) is 4.71. The quantitative estimate of drug-likeness (QED) is 0.812. The molecule has 4 nitrogen and oxygen atoms in total. The van der Waals surface area contributed by atoms with Crippen molar-refractivity contribution in [1.82, 2.24) is 10.3 Å². The molecule has 2 aromatic rings. The number of thiazole rings is 1. The van der Waals surface area contributed by atoms with Crippen LogP contribution in [0.4, 0.5) is 0 Å². The summed E-state index contributed by atoms with van der Waals surface area (Å²) in [6.45, 7) is 6.19. The molecular formula is C16H22N2O2S. The number of hydrogen-bond acceptors (Lipinski definition) is 5. The van der Waals surface area contributed by atoms with Crippen LogP contribution in [0.2, 0.25) is 0 Å². The van der Waals surface area contributed by atoms with E-state index in [1.54, 1.807) is 11.3 Å². The van der Waals surface area contributed by atoms with Gasteiger partial charge in [0.1, 0.15) is 11.5 Å². The molecule has 0 spiro atoms. The van der Waals surface area contributed by atoms with E-state index in [2.05, 4.69) is 10.7 Å².